The van der Waals surface area contributed by atoms with Crippen molar-refractivity contribution in [2.45, 2.75) is 32.1 Å². The van der Waals surface area contributed by atoms with Gasteiger partial charge in [0.1, 0.15) is 13.7 Å². The van der Waals surface area contributed by atoms with E-state index in [-0.39, 0.29) is 18.6 Å². The molecule has 8 heteroatoms. The van der Waals surface area contributed by atoms with Crippen LogP contribution < -0.4 is 5.56 Å². The normalized spacial score (nSPS) is 19.5. The second-order valence-corrected chi connectivity index (χ2v) is 7.47. The van der Waals surface area contributed by atoms with Crippen molar-refractivity contribution in [2.75, 3.05) is 7.11 Å². The highest BCUT2D eigenvalue weighted by Gasteiger charge is 2.45. The fourth-order valence-corrected chi connectivity index (χ4v) is 4.20. The summed E-state index contributed by atoms with van der Waals surface area (Å²) < 4.78 is 6.72. The number of oxime groups is 1. The predicted octanol–water partition coefficient (Wildman–Crippen LogP) is 2.06. The van der Waals surface area contributed by atoms with E-state index in [0.29, 0.717) is 29.1 Å². The van der Waals surface area contributed by atoms with Crippen molar-refractivity contribution in [2.24, 2.45) is 5.16 Å². The van der Waals surface area contributed by atoms with Crippen LogP contribution in [0.2, 0.25) is 0 Å². The predicted molar refractivity (Wildman–Crippen MR) is 109 cm³/mol. The number of pyridine rings is 2. The van der Waals surface area contributed by atoms with Gasteiger partial charge in [0.15, 0.2) is 5.60 Å². The van der Waals surface area contributed by atoms with Crippen molar-refractivity contribution in [1.29, 1.82) is 0 Å². The van der Waals surface area contributed by atoms with Crippen LogP contribution in [0.1, 0.15) is 35.6 Å². The lowest BCUT2D eigenvalue weighted by Gasteiger charge is -2.31. The lowest BCUT2D eigenvalue weighted by molar-refractivity contribution is -0.172. The maximum Gasteiger partial charge on any atom is 0.343 e. The third kappa shape index (κ3) is 2.50. The van der Waals surface area contributed by atoms with Crippen LogP contribution in [-0.4, -0.2) is 34.0 Å². The van der Waals surface area contributed by atoms with E-state index in [1.165, 1.54) is 7.11 Å². The quantitative estimate of drug-likeness (QED) is 0.318. The van der Waals surface area contributed by atoms with E-state index in [9.17, 15) is 14.7 Å². The molecule has 3 aromatic rings. The average molecular weight is 405 g/mol. The van der Waals surface area contributed by atoms with E-state index < -0.39 is 11.6 Å². The molecule has 152 valence electrons. The van der Waals surface area contributed by atoms with Gasteiger partial charge in [-0.25, -0.2) is 9.78 Å². The van der Waals surface area contributed by atoms with Crippen molar-refractivity contribution in [3.8, 4) is 11.4 Å². The fraction of sp³-hybridized carbons (Fsp3) is 0.273. The first-order valence-electron chi connectivity index (χ1n) is 9.63. The van der Waals surface area contributed by atoms with Crippen LogP contribution in [-0.2, 0) is 33.1 Å². The summed E-state index contributed by atoms with van der Waals surface area (Å²) in [5.74, 6) is -0.725. The van der Waals surface area contributed by atoms with E-state index in [2.05, 4.69) is 5.16 Å². The van der Waals surface area contributed by atoms with Crippen molar-refractivity contribution >= 4 is 23.1 Å². The summed E-state index contributed by atoms with van der Waals surface area (Å²) in [5, 5.41) is 15.6. The first-order chi connectivity index (χ1) is 14.5. The molecule has 1 aromatic carbocycles. The zero-order chi connectivity index (χ0) is 21.0. The van der Waals surface area contributed by atoms with Crippen LogP contribution in [0.4, 0.5) is 0 Å². The van der Waals surface area contributed by atoms with E-state index in [0.717, 1.165) is 22.0 Å². The minimum Gasteiger partial charge on any atom is -0.458 e. The first-order valence-corrected chi connectivity index (χ1v) is 9.63. The van der Waals surface area contributed by atoms with E-state index in [4.69, 9.17) is 14.6 Å². The Hall–Kier alpha value is -3.52. The second kappa shape index (κ2) is 6.50. The Kier molecular flexibility index (Phi) is 4.01. The molecule has 0 spiro atoms. The SMILES string of the molecule is CC[C@@]1(O)C(=O)OCc2c1cc1n(c2=O)Cc2cc3cc(C=NOC)ccc3nc2-1. The Morgan fingerprint density at radius 2 is 2.17 bits per heavy atom. The number of rotatable bonds is 3. The third-order valence-corrected chi connectivity index (χ3v) is 5.84. The lowest BCUT2D eigenvalue weighted by atomic mass is 9.86. The number of carbonyl (C=O) groups is 1. The van der Waals surface area contributed by atoms with Gasteiger partial charge >= 0.3 is 5.97 Å². The van der Waals surface area contributed by atoms with E-state index in [1.54, 1.807) is 23.8 Å². The van der Waals surface area contributed by atoms with Gasteiger partial charge in [-0.1, -0.05) is 18.1 Å². The Balaban J connectivity index is 1.70. The molecule has 0 aliphatic carbocycles. The average Bonchev–Trinajstić information content (AvgIpc) is 3.11. The van der Waals surface area contributed by atoms with Gasteiger partial charge in [0.25, 0.3) is 5.56 Å². The molecule has 0 amide bonds. The van der Waals surface area contributed by atoms with Crippen molar-refractivity contribution < 1.29 is 19.5 Å². The van der Waals surface area contributed by atoms with Crippen LogP contribution in [0.5, 0.6) is 0 Å². The number of cyclic esters (lactones) is 1. The third-order valence-electron chi connectivity index (χ3n) is 5.84. The van der Waals surface area contributed by atoms with Crippen LogP contribution >= 0.6 is 0 Å². The number of nitrogens with zero attached hydrogens (tertiary/aromatic N) is 3. The maximum atomic E-state index is 13.2. The Bertz CT molecular complexity index is 1310. The van der Waals surface area contributed by atoms with Gasteiger partial charge in [-0.05, 0) is 36.2 Å². The van der Waals surface area contributed by atoms with Gasteiger partial charge in [0.2, 0.25) is 0 Å². The molecular weight excluding hydrogens is 386 g/mol. The van der Waals surface area contributed by atoms with Gasteiger partial charge in [0.05, 0.1) is 35.2 Å². The van der Waals surface area contributed by atoms with Crippen molar-refractivity contribution in [1.82, 2.24) is 9.55 Å². The standard InChI is InChI=1S/C22H19N3O5/c1-3-22(28)16-8-18-19-14(10-25(18)20(26)15(16)11-30-21(22)27)7-13-6-12(9-23-29-2)4-5-17(13)24-19/h4-9,28H,3,10-11H2,1-2H3/t22-/m0/s1. The number of aliphatic hydroxyl groups is 1. The summed E-state index contributed by atoms with van der Waals surface area (Å²) in [6.07, 6.45) is 1.73. The van der Waals surface area contributed by atoms with Crippen LogP contribution in [0.3, 0.4) is 0 Å². The molecule has 1 N–H and O–H groups in total. The van der Waals surface area contributed by atoms with E-state index >= 15 is 0 Å². The summed E-state index contributed by atoms with van der Waals surface area (Å²) >= 11 is 0. The molecule has 0 bridgehead atoms. The molecular formula is C22H19N3O5. The fourth-order valence-electron chi connectivity index (χ4n) is 4.20. The topological polar surface area (TPSA) is 103 Å². The van der Waals surface area contributed by atoms with Crippen LogP contribution in [0.25, 0.3) is 22.3 Å². The van der Waals surface area contributed by atoms with Crippen LogP contribution in [0, 0.1) is 0 Å². The molecule has 0 fully saturated rings. The van der Waals surface area contributed by atoms with Crippen molar-refractivity contribution in [3.05, 3.63) is 62.9 Å². The largest absolute Gasteiger partial charge is 0.458 e. The molecule has 0 unspecified atom stereocenters. The molecule has 5 rings (SSSR count). The lowest BCUT2D eigenvalue weighted by Crippen LogP contribution is -2.44. The van der Waals surface area contributed by atoms with Gasteiger partial charge < -0.3 is 19.2 Å². The number of carbonyl (C=O) groups excluding carboxylic acids is 1. The summed E-state index contributed by atoms with van der Waals surface area (Å²) in [5.41, 5.74) is 2.37. The highest BCUT2D eigenvalue weighted by atomic mass is 16.6. The smallest absolute Gasteiger partial charge is 0.343 e. The monoisotopic (exact) mass is 405 g/mol. The molecule has 1 atom stereocenters. The van der Waals surface area contributed by atoms with Crippen LogP contribution in [0.15, 0.2) is 40.3 Å². The second-order valence-electron chi connectivity index (χ2n) is 7.47. The molecule has 8 nitrogen and oxygen atoms in total. The van der Waals surface area contributed by atoms with Gasteiger partial charge in [0, 0.05) is 16.5 Å². The number of fused-ring (bicyclic) bond motifs is 5. The van der Waals surface area contributed by atoms with Gasteiger partial charge in [-0.15, -0.1) is 0 Å². The summed E-state index contributed by atoms with van der Waals surface area (Å²) in [6, 6.07) is 9.42. The molecule has 0 saturated heterocycles. The summed E-state index contributed by atoms with van der Waals surface area (Å²) in [4.78, 5) is 34.9. The van der Waals surface area contributed by atoms with Gasteiger partial charge in [-0.2, -0.15) is 0 Å². The zero-order valence-electron chi connectivity index (χ0n) is 16.5. The number of esters is 1. The first kappa shape index (κ1) is 18.5. The number of aromatic nitrogens is 2. The molecule has 2 aliphatic rings. The molecule has 0 radical (unpaired) electrons. The number of hydrogen-bond donors (Lipinski definition) is 1. The molecule has 2 aromatic heterocycles. The summed E-state index contributed by atoms with van der Waals surface area (Å²) in [7, 11) is 1.48. The minimum absolute atomic E-state index is 0.117. The number of hydrogen-bond acceptors (Lipinski definition) is 7. The number of ether oxygens (including phenoxy) is 1. The highest BCUT2D eigenvalue weighted by Crippen LogP contribution is 2.38. The van der Waals surface area contributed by atoms with E-state index in [1.807, 2.05) is 24.3 Å². The van der Waals surface area contributed by atoms with Crippen molar-refractivity contribution in [3.63, 3.8) is 0 Å². The molecule has 30 heavy (non-hydrogen) atoms. The molecule has 2 aliphatic heterocycles. The molecule has 0 saturated carbocycles. The Morgan fingerprint density at radius 1 is 1.33 bits per heavy atom. The maximum absolute atomic E-state index is 13.2. The minimum atomic E-state index is -1.82. The highest BCUT2D eigenvalue weighted by molar-refractivity contribution is 5.91. The molecule has 4 heterocycles. The summed E-state index contributed by atoms with van der Waals surface area (Å²) in [6.45, 7) is 1.92. The zero-order valence-corrected chi connectivity index (χ0v) is 16.5. The number of benzene rings is 1. The Morgan fingerprint density at radius 3 is 2.93 bits per heavy atom. The van der Waals surface area contributed by atoms with Gasteiger partial charge in [-0.3, -0.25) is 4.79 Å². The Labute approximate surface area is 171 Å².